The van der Waals surface area contributed by atoms with Crippen LogP contribution in [-0.2, 0) is 14.8 Å². The minimum Gasteiger partial charge on any atom is -0.273 e. The number of rotatable bonds is 6. The summed E-state index contributed by atoms with van der Waals surface area (Å²) in [6, 6.07) is 11.6. The largest absolute Gasteiger partial charge is 0.288 e. The third kappa shape index (κ3) is 5.87. The molecule has 8 nitrogen and oxygen atoms in total. The number of benzene rings is 1. The molecule has 0 unspecified atom stereocenters. The Kier molecular flexibility index (Phi) is 7.57. The van der Waals surface area contributed by atoms with E-state index in [4.69, 9.17) is 0 Å². The van der Waals surface area contributed by atoms with Crippen LogP contribution >= 0.6 is 15.9 Å². The Labute approximate surface area is 184 Å². The average molecular weight is 495 g/mol. The predicted molar refractivity (Wildman–Crippen MR) is 115 cm³/mol. The molecule has 0 aliphatic heterocycles. The van der Waals surface area contributed by atoms with Crippen molar-refractivity contribution in [1.29, 1.82) is 0 Å². The topological polar surface area (TPSA) is 117 Å². The summed E-state index contributed by atoms with van der Waals surface area (Å²) in [6.07, 6.45) is 4.22. The van der Waals surface area contributed by atoms with Gasteiger partial charge in [0.2, 0.25) is 15.9 Å². The summed E-state index contributed by atoms with van der Waals surface area (Å²) in [4.78, 5) is 28.4. The first-order valence-electron chi connectivity index (χ1n) is 9.62. The van der Waals surface area contributed by atoms with Gasteiger partial charge in [-0.2, -0.15) is 0 Å². The first kappa shape index (κ1) is 22.4. The molecule has 0 spiro atoms. The van der Waals surface area contributed by atoms with Gasteiger partial charge in [0.25, 0.3) is 5.91 Å². The maximum atomic E-state index is 12.5. The number of carbonyl (C=O) groups excluding carboxylic acids is 2. The zero-order valence-corrected chi connectivity index (χ0v) is 18.6. The van der Waals surface area contributed by atoms with Crippen molar-refractivity contribution in [3.8, 4) is 0 Å². The number of amides is 2. The summed E-state index contributed by atoms with van der Waals surface area (Å²) in [7, 11) is -3.59. The summed E-state index contributed by atoms with van der Waals surface area (Å²) in [5, 5.41) is 0. The van der Waals surface area contributed by atoms with Gasteiger partial charge in [-0.3, -0.25) is 25.4 Å². The van der Waals surface area contributed by atoms with Crippen molar-refractivity contribution in [3.05, 3.63) is 58.8 Å². The molecule has 3 N–H and O–H groups in total. The van der Waals surface area contributed by atoms with Crippen LogP contribution in [0.3, 0.4) is 0 Å². The van der Waals surface area contributed by atoms with Gasteiger partial charge in [-0.1, -0.05) is 18.2 Å². The predicted octanol–water partition coefficient (Wildman–Crippen LogP) is 2.39. The fourth-order valence-corrected chi connectivity index (χ4v) is 5.50. The lowest BCUT2D eigenvalue weighted by Crippen LogP contribution is -2.45. The van der Waals surface area contributed by atoms with E-state index in [0.29, 0.717) is 23.9 Å². The van der Waals surface area contributed by atoms with E-state index in [9.17, 15) is 18.0 Å². The molecule has 1 aliphatic rings. The number of hydrogen-bond donors (Lipinski definition) is 3. The number of sulfonamides is 1. The maximum absolute atomic E-state index is 12.5. The summed E-state index contributed by atoms with van der Waals surface area (Å²) in [5.41, 5.74) is 5.05. The second-order valence-corrected chi connectivity index (χ2v) is 9.75. The van der Waals surface area contributed by atoms with Crippen LogP contribution in [0, 0.1) is 11.8 Å². The number of hydrogen-bond acceptors (Lipinski definition) is 5. The second-order valence-electron chi connectivity index (χ2n) is 7.16. The average Bonchev–Trinajstić information content (AvgIpc) is 2.77. The summed E-state index contributed by atoms with van der Waals surface area (Å²) >= 11 is 3.26. The number of pyridine rings is 1. The monoisotopic (exact) mass is 494 g/mol. The van der Waals surface area contributed by atoms with Gasteiger partial charge in [0.1, 0.15) is 5.69 Å². The van der Waals surface area contributed by atoms with Gasteiger partial charge in [0.15, 0.2) is 0 Å². The Morgan fingerprint density at radius 1 is 1.00 bits per heavy atom. The molecule has 160 valence electrons. The van der Waals surface area contributed by atoms with Crippen LogP contribution in [0.5, 0.6) is 0 Å². The molecular weight excluding hydrogens is 472 g/mol. The normalized spacial score (nSPS) is 19.1. The van der Waals surface area contributed by atoms with Crippen LogP contribution < -0.4 is 15.6 Å². The molecule has 1 heterocycles. The highest BCUT2D eigenvalue weighted by molar-refractivity contribution is 9.10. The quantitative estimate of drug-likeness (QED) is 0.532. The number of nitrogens with zero attached hydrogens (tertiary/aromatic N) is 1. The SMILES string of the molecule is O=C(NNC(=O)C1CCC(CNS(=O)(=O)c2ccccc2Br)CC1)c1ccccn1. The highest BCUT2D eigenvalue weighted by Gasteiger charge is 2.28. The van der Waals surface area contributed by atoms with Crippen molar-refractivity contribution in [3.63, 3.8) is 0 Å². The number of carbonyl (C=O) groups is 2. The van der Waals surface area contributed by atoms with Gasteiger partial charge in [-0.15, -0.1) is 0 Å². The number of aromatic nitrogens is 1. The zero-order chi connectivity index (χ0) is 21.6. The molecule has 3 rings (SSSR count). The fraction of sp³-hybridized carbons (Fsp3) is 0.350. The van der Waals surface area contributed by atoms with E-state index < -0.39 is 15.9 Å². The van der Waals surface area contributed by atoms with Crippen LogP contribution in [0.1, 0.15) is 36.2 Å². The molecule has 0 atom stereocenters. The molecule has 0 saturated heterocycles. The van der Waals surface area contributed by atoms with E-state index in [0.717, 1.165) is 12.8 Å². The van der Waals surface area contributed by atoms with E-state index in [1.165, 1.54) is 6.20 Å². The molecule has 1 fully saturated rings. The van der Waals surface area contributed by atoms with Crippen LogP contribution in [0.4, 0.5) is 0 Å². The smallest absolute Gasteiger partial charge is 0.273 e. The maximum Gasteiger partial charge on any atom is 0.288 e. The van der Waals surface area contributed by atoms with Crippen molar-refractivity contribution in [2.75, 3.05) is 6.54 Å². The van der Waals surface area contributed by atoms with Gasteiger partial charge in [0.05, 0.1) is 4.90 Å². The van der Waals surface area contributed by atoms with Gasteiger partial charge >= 0.3 is 0 Å². The molecule has 2 aromatic rings. The number of halogens is 1. The summed E-state index contributed by atoms with van der Waals surface area (Å²) in [6.45, 7) is 0.328. The Hall–Kier alpha value is -2.30. The van der Waals surface area contributed by atoms with Gasteiger partial charge in [-0.05, 0) is 71.8 Å². The van der Waals surface area contributed by atoms with Crippen molar-refractivity contribution in [2.24, 2.45) is 11.8 Å². The minimum atomic E-state index is -3.59. The standard InChI is InChI=1S/C20H23BrN4O4S/c21-16-5-1-2-7-18(16)30(28,29)23-13-14-8-10-15(11-9-14)19(26)24-25-20(27)17-6-3-4-12-22-17/h1-7,12,14-15,23H,8-11,13H2,(H,24,26)(H,25,27). The molecular formula is C20H23BrN4O4S. The molecule has 0 bridgehead atoms. The third-order valence-corrected chi connectivity index (χ3v) is 7.54. The van der Waals surface area contributed by atoms with Crippen molar-refractivity contribution in [1.82, 2.24) is 20.6 Å². The van der Waals surface area contributed by atoms with E-state index in [2.05, 4.69) is 36.5 Å². The fourth-order valence-electron chi connectivity index (χ4n) is 3.38. The van der Waals surface area contributed by atoms with E-state index in [-0.39, 0.29) is 28.3 Å². The Bertz CT molecular complexity index is 993. The molecule has 1 aromatic carbocycles. The van der Waals surface area contributed by atoms with E-state index in [1.54, 1.807) is 42.5 Å². The second kappa shape index (κ2) is 10.1. The van der Waals surface area contributed by atoms with Gasteiger partial charge in [0, 0.05) is 23.1 Å². The first-order chi connectivity index (χ1) is 14.4. The van der Waals surface area contributed by atoms with Gasteiger partial charge in [-0.25, -0.2) is 13.1 Å². The molecule has 1 saturated carbocycles. The van der Waals surface area contributed by atoms with Crippen molar-refractivity contribution >= 4 is 37.8 Å². The minimum absolute atomic E-state index is 0.162. The Morgan fingerprint density at radius 2 is 1.70 bits per heavy atom. The summed E-state index contributed by atoms with van der Waals surface area (Å²) < 4.78 is 28.2. The third-order valence-electron chi connectivity index (χ3n) is 5.10. The first-order valence-corrected chi connectivity index (χ1v) is 11.9. The van der Waals surface area contributed by atoms with Crippen LogP contribution in [0.25, 0.3) is 0 Å². The lowest BCUT2D eigenvalue weighted by atomic mass is 9.82. The Balaban J connectivity index is 1.43. The van der Waals surface area contributed by atoms with Crippen LogP contribution in [0.2, 0.25) is 0 Å². The van der Waals surface area contributed by atoms with E-state index >= 15 is 0 Å². The molecule has 30 heavy (non-hydrogen) atoms. The Morgan fingerprint density at radius 3 is 2.37 bits per heavy atom. The van der Waals surface area contributed by atoms with Crippen LogP contribution in [0.15, 0.2) is 58.0 Å². The summed E-state index contributed by atoms with van der Waals surface area (Å²) in [5.74, 6) is -0.773. The molecule has 2 amide bonds. The highest BCUT2D eigenvalue weighted by Crippen LogP contribution is 2.29. The van der Waals surface area contributed by atoms with E-state index in [1.807, 2.05) is 0 Å². The van der Waals surface area contributed by atoms with Crippen molar-refractivity contribution in [2.45, 2.75) is 30.6 Å². The molecule has 10 heteroatoms. The lowest BCUT2D eigenvalue weighted by Gasteiger charge is -2.27. The number of nitrogens with one attached hydrogen (secondary N) is 3. The van der Waals surface area contributed by atoms with Gasteiger partial charge < -0.3 is 0 Å². The molecule has 1 aliphatic carbocycles. The lowest BCUT2D eigenvalue weighted by molar-refractivity contribution is -0.127. The molecule has 1 aromatic heterocycles. The highest BCUT2D eigenvalue weighted by atomic mass is 79.9. The zero-order valence-electron chi connectivity index (χ0n) is 16.2. The molecule has 0 radical (unpaired) electrons. The number of hydrazine groups is 1. The van der Waals surface area contributed by atoms with Crippen molar-refractivity contribution < 1.29 is 18.0 Å². The van der Waals surface area contributed by atoms with Crippen LogP contribution in [-0.4, -0.2) is 31.8 Å².